The predicted molar refractivity (Wildman–Crippen MR) is 63.9 cm³/mol. The van der Waals surface area contributed by atoms with Gasteiger partial charge in [-0.1, -0.05) is 13.8 Å². The van der Waals surface area contributed by atoms with E-state index in [2.05, 4.69) is 32.6 Å². The lowest BCUT2D eigenvalue weighted by Gasteiger charge is -2.33. The van der Waals surface area contributed by atoms with Crippen molar-refractivity contribution in [3.8, 4) is 0 Å². The lowest BCUT2D eigenvalue weighted by Crippen LogP contribution is -2.42. The molecule has 2 heteroatoms. The highest BCUT2D eigenvalue weighted by molar-refractivity contribution is 5.81. The monoisotopic (exact) mass is 211 g/mol. The first-order valence-corrected chi connectivity index (χ1v) is 6.08. The summed E-state index contributed by atoms with van der Waals surface area (Å²) in [7, 11) is 0. The summed E-state index contributed by atoms with van der Waals surface area (Å²) in [4.78, 5) is 14.0. The van der Waals surface area contributed by atoms with Crippen molar-refractivity contribution in [2.24, 2.45) is 11.3 Å². The molecule has 0 aromatic heterocycles. The van der Waals surface area contributed by atoms with Crippen molar-refractivity contribution in [2.75, 3.05) is 13.1 Å². The Morgan fingerprint density at radius 3 is 2.27 bits per heavy atom. The van der Waals surface area contributed by atoms with Crippen molar-refractivity contribution >= 4 is 5.78 Å². The van der Waals surface area contributed by atoms with Crippen LogP contribution in [0.3, 0.4) is 0 Å². The van der Waals surface area contributed by atoms with Gasteiger partial charge < -0.3 is 0 Å². The second-order valence-electron chi connectivity index (χ2n) is 5.91. The molecule has 0 bridgehead atoms. The highest BCUT2D eigenvalue weighted by Crippen LogP contribution is 2.31. The van der Waals surface area contributed by atoms with Crippen molar-refractivity contribution < 1.29 is 4.79 Å². The summed E-state index contributed by atoms with van der Waals surface area (Å²) in [6.07, 6.45) is 2.76. The Morgan fingerprint density at radius 1 is 1.40 bits per heavy atom. The predicted octanol–water partition coefficient (Wildman–Crippen LogP) is 2.72. The molecule has 88 valence electrons. The van der Waals surface area contributed by atoms with E-state index in [9.17, 15) is 4.79 Å². The average molecular weight is 211 g/mol. The molecule has 1 saturated carbocycles. The Balaban J connectivity index is 2.52. The fourth-order valence-electron chi connectivity index (χ4n) is 1.71. The van der Waals surface area contributed by atoms with Crippen LogP contribution in [0.2, 0.25) is 0 Å². The highest BCUT2D eigenvalue weighted by atomic mass is 16.1. The summed E-state index contributed by atoms with van der Waals surface area (Å²) in [5.41, 5.74) is -0.195. The number of hydrogen-bond acceptors (Lipinski definition) is 2. The Labute approximate surface area is 94.0 Å². The molecule has 0 saturated heterocycles. The van der Waals surface area contributed by atoms with Crippen LogP contribution >= 0.6 is 0 Å². The summed E-state index contributed by atoms with van der Waals surface area (Å²) in [5, 5.41) is 0. The number of ketones is 1. The molecule has 0 spiro atoms. The van der Waals surface area contributed by atoms with Crippen molar-refractivity contribution in [2.45, 2.75) is 53.5 Å². The molecular formula is C13H25NO. The Morgan fingerprint density at radius 2 is 1.93 bits per heavy atom. The third kappa shape index (κ3) is 3.94. The quantitative estimate of drug-likeness (QED) is 0.673. The molecular weight excluding hydrogens is 186 g/mol. The highest BCUT2D eigenvalue weighted by Gasteiger charge is 2.31. The third-order valence-corrected chi connectivity index (χ3v) is 3.47. The standard InChI is InChI=1S/C13H25NO/c1-10(2)14(8-12-6-7-12)9-13(4,5)11(3)15/h10,12H,6-9H2,1-5H3. The van der Waals surface area contributed by atoms with Crippen molar-refractivity contribution in [1.29, 1.82) is 0 Å². The van der Waals surface area contributed by atoms with E-state index in [0.717, 1.165) is 12.5 Å². The van der Waals surface area contributed by atoms with Gasteiger partial charge in [0.25, 0.3) is 0 Å². The van der Waals surface area contributed by atoms with E-state index in [1.807, 2.05) is 0 Å². The summed E-state index contributed by atoms with van der Waals surface area (Å²) in [5.74, 6) is 1.19. The normalized spacial score (nSPS) is 17.5. The van der Waals surface area contributed by atoms with E-state index in [1.165, 1.54) is 19.4 Å². The van der Waals surface area contributed by atoms with Gasteiger partial charge in [-0.3, -0.25) is 9.69 Å². The number of carbonyl (C=O) groups is 1. The van der Waals surface area contributed by atoms with Gasteiger partial charge in [0.1, 0.15) is 5.78 Å². The third-order valence-electron chi connectivity index (χ3n) is 3.47. The van der Waals surface area contributed by atoms with Gasteiger partial charge in [-0.25, -0.2) is 0 Å². The van der Waals surface area contributed by atoms with Gasteiger partial charge in [-0.15, -0.1) is 0 Å². The Hall–Kier alpha value is -0.370. The molecule has 2 nitrogen and oxygen atoms in total. The number of hydrogen-bond donors (Lipinski definition) is 0. The summed E-state index contributed by atoms with van der Waals surface area (Å²) >= 11 is 0. The maximum atomic E-state index is 11.5. The van der Waals surface area contributed by atoms with Crippen LogP contribution in [0.4, 0.5) is 0 Å². The molecule has 0 aromatic rings. The summed E-state index contributed by atoms with van der Waals surface area (Å²) in [6, 6.07) is 0.546. The smallest absolute Gasteiger partial charge is 0.136 e. The first-order valence-electron chi connectivity index (χ1n) is 6.08. The van der Waals surface area contributed by atoms with E-state index in [-0.39, 0.29) is 5.41 Å². The summed E-state index contributed by atoms with van der Waals surface area (Å²) in [6.45, 7) is 12.3. The van der Waals surface area contributed by atoms with Crippen LogP contribution in [0, 0.1) is 11.3 Å². The number of rotatable bonds is 6. The molecule has 0 unspecified atom stereocenters. The van der Waals surface area contributed by atoms with Gasteiger partial charge >= 0.3 is 0 Å². The molecule has 1 aliphatic rings. The van der Waals surface area contributed by atoms with E-state index in [4.69, 9.17) is 0 Å². The summed E-state index contributed by atoms with van der Waals surface area (Å²) < 4.78 is 0. The maximum absolute atomic E-state index is 11.5. The van der Waals surface area contributed by atoms with Crippen LogP contribution in [0.5, 0.6) is 0 Å². The van der Waals surface area contributed by atoms with E-state index in [0.29, 0.717) is 11.8 Å². The maximum Gasteiger partial charge on any atom is 0.136 e. The van der Waals surface area contributed by atoms with Gasteiger partial charge in [0.2, 0.25) is 0 Å². The SMILES string of the molecule is CC(=O)C(C)(C)CN(CC1CC1)C(C)C. The zero-order valence-corrected chi connectivity index (χ0v) is 10.8. The topological polar surface area (TPSA) is 20.3 Å². The van der Waals surface area contributed by atoms with Gasteiger partial charge in [0, 0.05) is 24.5 Å². The number of carbonyl (C=O) groups excluding carboxylic acids is 1. The minimum atomic E-state index is -0.195. The molecule has 1 fully saturated rings. The fourth-order valence-corrected chi connectivity index (χ4v) is 1.71. The Bertz CT molecular complexity index is 229. The van der Waals surface area contributed by atoms with Crippen molar-refractivity contribution in [3.05, 3.63) is 0 Å². The average Bonchev–Trinajstić information content (AvgIpc) is 2.86. The second-order valence-corrected chi connectivity index (χ2v) is 5.91. The second kappa shape index (κ2) is 4.65. The van der Waals surface area contributed by atoms with Gasteiger partial charge in [0.15, 0.2) is 0 Å². The molecule has 0 amide bonds. The fraction of sp³-hybridized carbons (Fsp3) is 0.923. The van der Waals surface area contributed by atoms with Gasteiger partial charge in [-0.05, 0) is 39.5 Å². The molecule has 1 aliphatic carbocycles. The van der Waals surface area contributed by atoms with Crippen LogP contribution in [0.15, 0.2) is 0 Å². The molecule has 0 atom stereocenters. The molecule has 0 radical (unpaired) electrons. The molecule has 0 aromatic carbocycles. The number of Topliss-reactive ketones (excluding diaryl/α,β-unsaturated/α-hetero) is 1. The van der Waals surface area contributed by atoms with E-state index in [1.54, 1.807) is 6.92 Å². The van der Waals surface area contributed by atoms with Crippen LogP contribution in [-0.4, -0.2) is 29.8 Å². The zero-order valence-electron chi connectivity index (χ0n) is 10.8. The molecule has 1 rings (SSSR count). The molecule has 15 heavy (non-hydrogen) atoms. The zero-order chi connectivity index (χ0) is 11.6. The van der Waals surface area contributed by atoms with Crippen molar-refractivity contribution in [3.63, 3.8) is 0 Å². The van der Waals surface area contributed by atoms with Gasteiger partial charge in [-0.2, -0.15) is 0 Å². The van der Waals surface area contributed by atoms with Crippen LogP contribution < -0.4 is 0 Å². The van der Waals surface area contributed by atoms with E-state index >= 15 is 0 Å². The van der Waals surface area contributed by atoms with Crippen LogP contribution in [-0.2, 0) is 4.79 Å². The number of nitrogens with zero attached hydrogens (tertiary/aromatic N) is 1. The Kier molecular flexibility index (Phi) is 3.93. The molecule has 0 heterocycles. The lowest BCUT2D eigenvalue weighted by molar-refractivity contribution is -0.126. The molecule has 0 N–H and O–H groups in total. The van der Waals surface area contributed by atoms with Crippen LogP contribution in [0.1, 0.15) is 47.5 Å². The molecule has 0 aliphatic heterocycles. The largest absolute Gasteiger partial charge is 0.300 e. The van der Waals surface area contributed by atoms with Crippen molar-refractivity contribution in [1.82, 2.24) is 4.90 Å². The lowest BCUT2D eigenvalue weighted by atomic mass is 9.88. The van der Waals surface area contributed by atoms with Gasteiger partial charge in [0.05, 0.1) is 0 Å². The first-order chi connectivity index (χ1) is 6.83. The minimum Gasteiger partial charge on any atom is -0.300 e. The van der Waals surface area contributed by atoms with E-state index < -0.39 is 0 Å². The minimum absolute atomic E-state index is 0.195. The first kappa shape index (κ1) is 12.7. The van der Waals surface area contributed by atoms with Crippen LogP contribution in [0.25, 0.3) is 0 Å².